The first kappa shape index (κ1) is 13.6. The van der Waals surface area contributed by atoms with Gasteiger partial charge in [-0.1, -0.05) is 19.3 Å². The summed E-state index contributed by atoms with van der Waals surface area (Å²) in [6, 6.07) is 0.824. The third-order valence-electron chi connectivity index (χ3n) is 7.66. The minimum Gasteiger partial charge on any atom is -0.329 e. The number of rotatable bonds is 3. The van der Waals surface area contributed by atoms with Crippen LogP contribution in [0.3, 0.4) is 0 Å². The molecule has 2 N–H and O–H groups in total. The van der Waals surface area contributed by atoms with E-state index in [1.54, 1.807) is 6.42 Å². The predicted octanol–water partition coefficient (Wildman–Crippen LogP) is 3.40. The Labute approximate surface area is 124 Å². The molecule has 0 saturated heterocycles. The first-order valence-corrected chi connectivity index (χ1v) is 9.17. The van der Waals surface area contributed by atoms with Crippen LogP contribution in [0, 0.1) is 23.7 Å². The monoisotopic (exact) mass is 276 g/mol. The summed E-state index contributed by atoms with van der Waals surface area (Å²) in [5, 5.41) is 0. The number of likely N-dealkylation sites (N-methyl/N-ethyl adjacent to an activating group) is 1. The lowest BCUT2D eigenvalue weighted by molar-refractivity contribution is -0.138. The molecule has 114 valence electrons. The van der Waals surface area contributed by atoms with Gasteiger partial charge in [0.2, 0.25) is 0 Å². The minimum atomic E-state index is 0.370. The van der Waals surface area contributed by atoms with E-state index in [4.69, 9.17) is 5.73 Å². The largest absolute Gasteiger partial charge is 0.329 e. The van der Waals surface area contributed by atoms with Crippen molar-refractivity contribution in [3.8, 4) is 0 Å². The lowest BCUT2D eigenvalue weighted by Crippen LogP contribution is -2.70. The molecule has 0 radical (unpaired) electrons. The highest BCUT2D eigenvalue weighted by Crippen LogP contribution is 2.60. The predicted molar refractivity (Wildman–Crippen MR) is 83.5 cm³/mol. The van der Waals surface area contributed by atoms with E-state index in [1.807, 2.05) is 0 Å². The molecule has 5 saturated carbocycles. The van der Waals surface area contributed by atoms with Gasteiger partial charge in [-0.2, -0.15) is 0 Å². The fraction of sp³-hybridized carbons (Fsp3) is 1.00. The fourth-order valence-corrected chi connectivity index (χ4v) is 6.86. The summed E-state index contributed by atoms with van der Waals surface area (Å²) in [6.07, 6.45) is 14.7. The van der Waals surface area contributed by atoms with E-state index in [9.17, 15) is 0 Å². The van der Waals surface area contributed by atoms with Crippen LogP contribution in [0.4, 0.5) is 0 Å². The van der Waals surface area contributed by atoms with E-state index in [1.165, 1.54) is 57.8 Å². The van der Waals surface area contributed by atoms with Crippen molar-refractivity contribution in [2.24, 2.45) is 29.4 Å². The molecule has 5 fully saturated rings. The molecule has 5 aliphatic carbocycles. The van der Waals surface area contributed by atoms with Gasteiger partial charge >= 0.3 is 0 Å². The summed E-state index contributed by atoms with van der Waals surface area (Å²) in [4.78, 5) is 2.82. The van der Waals surface area contributed by atoms with Crippen LogP contribution in [0.2, 0.25) is 0 Å². The van der Waals surface area contributed by atoms with Crippen LogP contribution in [-0.4, -0.2) is 30.1 Å². The van der Waals surface area contributed by atoms with Gasteiger partial charge in [-0.05, 0) is 75.7 Å². The Kier molecular flexibility index (Phi) is 3.38. The zero-order valence-corrected chi connectivity index (χ0v) is 13.2. The average molecular weight is 276 g/mol. The molecule has 0 amide bonds. The maximum absolute atomic E-state index is 6.45. The van der Waals surface area contributed by atoms with E-state index >= 15 is 0 Å². The molecule has 2 nitrogen and oxygen atoms in total. The highest BCUT2D eigenvalue weighted by atomic mass is 15.2. The molecule has 0 unspecified atom stereocenters. The Balaban J connectivity index is 1.62. The molecule has 0 spiro atoms. The van der Waals surface area contributed by atoms with Crippen LogP contribution in [0.1, 0.15) is 64.2 Å². The number of nitrogens with two attached hydrogens (primary N) is 1. The van der Waals surface area contributed by atoms with Gasteiger partial charge in [0.05, 0.1) is 0 Å². The smallest absolute Gasteiger partial charge is 0.0388 e. The van der Waals surface area contributed by atoms with Gasteiger partial charge in [-0.25, -0.2) is 0 Å². The molecule has 0 atom stereocenters. The summed E-state index contributed by atoms with van der Waals surface area (Å²) in [7, 11) is 2.44. The number of nitrogens with zero attached hydrogens (tertiary/aromatic N) is 1. The number of hydrogen-bond donors (Lipinski definition) is 1. The van der Waals surface area contributed by atoms with E-state index in [0.29, 0.717) is 5.54 Å². The van der Waals surface area contributed by atoms with Gasteiger partial charge in [0.15, 0.2) is 0 Å². The van der Waals surface area contributed by atoms with Gasteiger partial charge in [0.1, 0.15) is 0 Å². The molecule has 4 bridgehead atoms. The Morgan fingerprint density at radius 1 is 0.900 bits per heavy atom. The molecule has 0 heterocycles. The zero-order chi connectivity index (χ0) is 13.7. The van der Waals surface area contributed by atoms with Crippen molar-refractivity contribution in [2.45, 2.75) is 75.8 Å². The molecular weight excluding hydrogens is 244 g/mol. The zero-order valence-electron chi connectivity index (χ0n) is 13.2. The van der Waals surface area contributed by atoms with Gasteiger partial charge in [0.25, 0.3) is 0 Å². The Morgan fingerprint density at radius 3 is 1.95 bits per heavy atom. The molecular formula is C18H32N2. The lowest BCUT2D eigenvalue weighted by Gasteiger charge is -2.65. The van der Waals surface area contributed by atoms with Crippen molar-refractivity contribution in [1.82, 2.24) is 4.90 Å². The van der Waals surface area contributed by atoms with Crippen LogP contribution in [0.25, 0.3) is 0 Å². The van der Waals surface area contributed by atoms with Crippen molar-refractivity contribution in [3.05, 3.63) is 0 Å². The topological polar surface area (TPSA) is 29.3 Å². The van der Waals surface area contributed by atoms with Crippen molar-refractivity contribution in [1.29, 1.82) is 0 Å². The first-order valence-electron chi connectivity index (χ1n) is 9.17. The quantitative estimate of drug-likeness (QED) is 0.856. The Bertz CT molecular complexity index is 330. The second-order valence-electron chi connectivity index (χ2n) is 8.40. The van der Waals surface area contributed by atoms with Crippen LogP contribution in [0.5, 0.6) is 0 Å². The first-order chi connectivity index (χ1) is 9.74. The van der Waals surface area contributed by atoms with Crippen molar-refractivity contribution < 1.29 is 0 Å². The third-order valence-corrected chi connectivity index (χ3v) is 7.66. The molecule has 20 heavy (non-hydrogen) atoms. The molecule has 0 aliphatic heterocycles. The van der Waals surface area contributed by atoms with Crippen molar-refractivity contribution >= 4 is 0 Å². The fourth-order valence-electron chi connectivity index (χ4n) is 6.86. The maximum atomic E-state index is 6.45. The molecule has 0 aromatic heterocycles. The van der Waals surface area contributed by atoms with E-state index < -0.39 is 0 Å². The van der Waals surface area contributed by atoms with Gasteiger partial charge < -0.3 is 5.73 Å². The highest BCUT2D eigenvalue weighted by molar-refractivity contribution is 5.13. The average Bonchev–Trinajstić information content (AvgIpc) is 2.48. The molecule has 2 heteroatoms. The van der Waals surface area contributed by atoms with Gasteiger partial charge in [-0.15, -0.1) is 0 Å². The summed E-state index contributed by atoms with van der Waals surface area (Å²) < 4.78 is 0. The van der Waals surface area contributed by atoms with E-state index in [2.05, 4.69) is 11.9 Å². The van der Waals surface area contributed by atoms with Crippen LogP contribution < -0.4 is 5.73 Å². The second-order valence-corrected chi connectivity index (χ2v) is 8.40. The summed E-state index contributed by atoms with van der Waals surface area (Å²) in [6.45, 7) is 0.911. The lowest BCUT2D eigenvalue weighted by atomic mass is 9.48. The molecule has 0 aromatic carbocycles. The van der Waals surface area contributed by atoms with Crippen molar-refractivity contribution in [3.63, 3.8) is 0 Å². The molecule has 5 aliphatic rings. The van der Waals surface area contributed by atoms with Crippen molar-refractivity contribution in [2.75, 3.05) is 13.6 Å². The maximum Gasteiger partial charge on any atom is 0.0388 e. The van der Waals surface area contributed by atoms with Crippen LogP contribution in [-0.2, 0) is 0 Å². The van der Waals surface area contributed by atoms with Gasteiger partial charge in [0, 0.05) is 18.1 Å². The number of hydrogen-bond acceptors (Lipinski definition) is 2. The Hall–Kier alpha value is -0.0800. The van der Waals surface area contributed by atoms with Gasteiger partial charge in [-0.3, -0.25) is 4.90 Å². The minimum absolute atomic E-state index is 0.370. The van der Waals surface area contributed by atoms with E-state index in [0.717, 1.165) is 36.3 Å². The normalized spacial score (nSPS) is 48.1. The standard InChI is InChI=1S/C18H32N2/c1-20(17-5-3-2-4-6-17)18(12-19)15-8-13-7-14(10-15)11-16(18)9-13/h13-17H,2-12,19H2,1H3. The summed E-state index contributed by atoms with van der Waals surface area (Å²) in [5.74, 6) is 3.93. The highest BCUT2D eigenvalue weighted by Gasteiger charge is 2.58. The third kappa shape index (κ3) is 1.83. The summed E-state index contributed by atoms with van der Waals surface area (Å²) in [5.41, 5.74) is 6.83. The van der Waals surface area contributed by atoms with Crippen LogP contribution in [0.15, 0.2) is 0 Å². The molecule has 0 aromatic rings. The summed E-state index contributed by atoms with van der Waals surface area (Å²) >= 11 is 0. The molecule has 5 rings (SSSR count). The SMILES string of the molecule is CN(C1CCCCC1)C1(CN)C2CC3CC(C2)CC1C3. The van der Waals surface area contributed by atoms with E-state index in [-0.39, 0.29) is 0 Å². The Morgan fingerprint density at radius 2 is 1.45 bits per heavy atom. The second kappa shape index (κ2) is 4.98. The van der Waals surface area contributed by atoms with Crippen LogP contribution >= 0.6 is 0 Å².